The molecule has 4 rings (SSSR count). The highest BCUT2D eigenvalue weighted by Crippen LogP contribution is 2.34. The van der Waals surface area contributed by atoms with Crippen LogP contribution in [-0.4, -0.2) is 27.5 Å². The standard InChI is InChI=1S/C18H23FN5P/c1-10(12-4-5-12)21-18-23-16(14-8-13(19)6-7-15(14)25)22-17(24-18)20-9-11-2-3-11/h6-8,10-12H,2-5,9,25H2,1H3,(H2,20,21,22,23,24)/t10-/m1/s1. The maximum Gasteiger partial charge on any atom is 0.228 e. The Balaban J connectivity index is 1.65. The largest absolute Gasteiger partial charge is 0.354 e. The minimum atomic E-state index is -0.296. The first-order valence-corrected chi connectivity index (χ1v) is 9.48. The van der Waals surface area contributed by atoms with Crippen molar-refractivity contribution in [1.29, 1.82) is 0 Å². The lowest BCUT2D eigenvalue weighted by molar-refractivity contribution is 0.628. The topological polar surface area (TPSA) is 62.7 Å². The molecule has 2 aliphatic rings. The van der Waals surface area contributed by atoms with E-state index in [1.54, 1.807) is 6.07 Å². The van der Waals surface area contributed by atoms with Gasteiger partial charge in [-0.15, -0.1) is 9.24 Å². The Morgan fingerprint density at radius 3 is 2.64 bits per heavy atom. The fourth-order valence-electron chi connectivity index (χ4n) is 2.84. The van der Waals surface area contributed by atoms with E-state index in [9.17, 15) is 4.39 Å². The fraction of sp³-hybridized carbons (Fsp3) is 0.500. The molecule has 2 saturated carbocycles. The molecular formula is C18H23FN5P. The summed E-state index contributed by atoms with van der Waals surface area (Å²) in [6.45, 7) is 3.03. The van der Waals surface area contributed by atoms with Crippen molar-refractivity contribution in [3.05, 3.63) is 24.0 Å². The van der Waals surface area contributed by atoms with Crippen LogP contribution in [-0.2, 0) is 0 Å². The summed E-state index contributed by atoms with van der Waals surface area (Å²) in [6, 6.07) is 4.95. The van der Waals surface area contributed by atoms with Crippen molar-refractivity contribution < 1.29 is 4.39 Å². The molecule has 5 nitrogen and oxygen atoms in total. The van der Waals surface area contributed by atoms with Gasteiger partial charge in [0.05, 0.1) is 0 Å². The maximum absolute atomic E-state index is 13.7. The summed E-state index contributed by atoms with van der Waals surface area (Å²) in [5.74, 6) is 2.70. The second-order valence-electron chi connectivity index (χ2n) is 7.13. The van der Waals surface area contributed by atoms with Crippen LogP contribution in [0.2, 0.25) is 0 Å². The Morgan fingerprint density at radius 2 is 1.92 bits per heavy atom. The zero-order valence-electron chi connectivity index (χ0n) is 14.3. The number of rotatable bonds is 7. The van der Waals surface area contributed by atoms with E-state index in [1.807, 2.05) is 0 Å². The third kappa shape index (κ3) is 4.24. The summed E-state index contributed by atoms with van der Waals surface area (Å²) >= 11 is 0. The summed E-state index contributed by atoms with van der Waals surface area (Å²) in [5, 5.41) is 7.56. The lowest BCUT2D eigenvalue weighted by Gasteiger charge is -2.15. The highest BCUT2D eigenvalue weighted by Gasteiger charge is 2.28. The first-order valence-electron chi connectivity index (χ1n) is 8.90. The number of hydrogen-bond acceptors (Lipinski definition) is 5. The fourth-order valence-corrected chi connectivity index (χ4v) is 3.15. The van der Waals surface area contributed by atoms with Gasteiger partial charge in [0.15, 0.2) is 5.82 Å². The van der Waals surface area contributed by atoms with Crippen LogP contribution in [0, 0.1) is 17.7 Å². The summed E-state index contributed by atoms with van der Waals surface area (Å²) in [4.78, 5) is 13.6. The minimum Gasteiger partial charge on any atom is -0.354 e. The van der Waals surface area contributed by atoms with E-state index in [-0.39, 0.29) is 5.82 Å². The molecule has 2 aliphatic carbocycles. The SMILES string of the molecule is C[C@@H](Nc1nc(NCC2CC2)nc(-c2cc(F)ccc2P)n1)C1CC1. The normalized spacial score (nSPS) is 18.0. The van der Waals surface area contributed by atoms with E-state index < -0.39 is 0 Å². The Morgan fingerprint density at radius 1 is 1.16 bits per heavy atom. The monoisotopic (exact) mass is 359 g/mol. The van der Waals surface area contributed by atoms with Gasteiger partial charge in [-0.3, -0.25) is 0 Å². The molecule has 2 fully saturated rings. The third-order valence-electron chi connectivity index (χ3n) is 4.82. The number of nitrogens with zero attached hydrogens (tertiary/aromatic N) is 3. The molecule has 0 spiro atoms. The van der Waals surface area contributed by atoms with Crippen LogP contribution >= 0.6 is 9.24 Å². The highest BCUT2D eigenvalue weighted by molar-refractivity contribution is 7.27. The van der Waals surface area contributed by atoms with Crippen LogP contribution in [0.5, 0.6) is 0 Å². The van der Waals surface area contributed by atoms with Crippen molar-refractivity contribution in [2.75, 3.05) is 17.2 Å². The molecule has 0 bridgehead atoms. The lowest BCUT2D eigenvalue weighted by Crippen LogP contribution is -2.20. The number of halogens is 1. The van der Waals surface area contributed by atoms with Crippen LogP contribution in [0.1, 0.15) is 32.6 Å². The van der Waals surface area contributed by atoms with Crippen LogP contribution in [0.4, 0.5) is 16.3 Å². The van der Waals surface area contributed by atoms with E-state index in [0.717, 1.165) is 11.8 Å². The van der Waals surface area contributed by atoms with Gasteiger partial charge in [-0.25, -0.2) is 4.39 Å². The lowest BCUT2D eigenvalue weighted by atomic mass is 10.2. The molecular weight excluding hydrogens is 336 g/mol. The van der Waals surface area contributed by atoms with Gasteiger partial charge >= 0.3 is 0 Å². The third-order valence-corrected chi connectivity index (χ3v) is 5.33. The average Bonchev–Trinajstić information content (AvgIpc) is 3.48. The Hall–Kier alpha value is -1.81. The zero-order valence-corrected chi connectivity index (χ0v) is 15.5. The molecule has 0 amide bonds. The van der Waals surface area contributed by atoms with E-state index in [0.29, 0.717) is 41.2 Å². The summed E-state index contributed by atoms with van der Waals surface area (Å²) in [5.41, 5.74) is 0.670. The second kappa shape index (κ2) is 6.83. The molecule has 25 heavy (non-hydrogen) atoms. The quantitative estimate of drug-likeness (QED) is 0.744. The number of benzene rings is 1. The van der Waals surface area contributed by atoms with Crippen LogP contribution < -0.4 is 15.9 Å². The molecule has 2 N–H and O–H groups in total. The molecule has 1 heterocycles. The average molecular weight is 359 g/mol. The number of hydrogen-bond donors (Lipinski definition) is 2. The Labute approximate surface area is 149 Å². The number of anilines is 2. The van der Waals surface area contributed by atoms with Crippen molar-refractivity contribution >= 4 is 26.4 Å². The van der Waals surface area contributed by atoms with Gasteiger partial charge in [0.1, 0.15) is 5.82 Å². The van der Waals surface area contributed by atoms with Crippen LogP contribution in [0.25, 0.3) is 11.4 Å². The minimum absolute atomic E-state index is 0.296. The first kappa shape index (κ1) is 16.6. The smallest absolute Gasteiger partial charge is 0.228 e. The van der Waals surface area contributed by atoms with Crippen LogP contribution in [0.15, 0.2) is 18.2 Å². The van der Waals surface area contributed by atoms with E-state index in [2.05, 4.69) is 41.7 Å². The number of aromatic nitrogens is 3. The maximum atomic E-state index is 13.7. The Kier molecular flexibility index (Phi) is 4.55. The first-order chi connectivity index (χ1) is 12.1. The molecule has 0 aliphatic heterocycles. The molecule has 0 saturated heterocycles. The molecule has 2 atom stereocenters. The van der Waals surface area contributed by atoms with Gasteiger partial charge in [0, 0.05) is 18.2 Å². The van der Waals surface area contributed by atoms with Gasteiger partial charge in [-0.05, 0) is 61.9 Å². The van der Waals surface area contributed by atoms with E-state index in [4.69, 9.17) is 0 Å². The van der Waals surface area contributed by atoms with Gasteiger partial charge < -0.3 is 10.6 Å². The summed E-state index contributed by atoms with van der Waals surface area (Å²) in [7, 11) is 2.62. The number of nitrogens with one attached hydrogen (secondary N) is 2. The molecule has 0 radical (unpaired) electrons. The molecule has 2 aromatic rings. The molecule has 132 valence electrons. The summed E-state index contributed by atoms with van der Waals surface area (Å²) in [6.07, 6.45) is 5.01. The van der Waals surface area contributed by atoms with E-state index in [1.165, 1.54) is 37.8 Å². The van der Waals surface area contributed by atoms with Gasteiger partial charge in [0.2, 0.25) is 11.9 Å². The van der Waals surface area contributed by atoms with E-state index >= 15 is 0 Å². The van der Waals surface area contributed by atoms with Gasteiger partial charge in [0.25, 0.3) is 0 Å². The Bertz CT molecular complexity index is 776. The predicted octanol–water partition coefficient (Wildman–Crippen LogP) is 3.21. The molecule has 7 heteroatoms. The molecule has 1 aromatic heterocycles. The van der Waals surface area contributed by atoms with Crippen molar-refractivity contribution in [3.63, 3.8) is 0 Å². The zero-order chi connectivity index (χ0) is 17.4. The molecule has 1 unspecified atom stereocenters. The van der Waals surface area contributed by atoms with Gasteiger partial charge in [-0.1, -0.05) is 6.07 Å². The van der Waals surface area contributed by atoms with Crippen molar-refractivity contribution in [2.24, 2.45) is 11.8 Å². The van der Waals surface area contributed by atoms with Crippen molar-refractivity contribution in [2.45, 2.75) is 38.6 Å². The van der Waals surface area contributed by atoms with Crippen molar-refractivity contribution in [1.82, 2.24) is 15.0 Å². The van der Waals surface area contributed by atoms with Gasteiger partial charge in [-0.2, -0.15) is 15.0 Å². The predicted molar refractivity (Wildman–Crippen MR) is 102 cm³/mol. The summed E-state index contributed by atoms with van der Waals surface area (Å²) < 4.78 is 13.7. The molecule has 1 aromatic carbocycles. The van der Waals surface area contributed by atoms with Crippen molar-refractivity contribution in [3.8, 4) is 11.4 Å². The highest BCUT2D eigenvalue weighted by atomic mass is 31.0. The second-order valence-corrected chi connectivity index (χ2v) is 7.75. The van der Waals surface area contributed by atoms with Crippen LogP contribution in [0.3, 0.4) is 0 Å².